The van der Waals surface area contributed by atoms with Crippen LogP contribution in [0.2, 0.25) is 0 Å². The molecule has 32 heavy (non-hydrogen) atoms. The zero-order valence-electron chi connectivity index (χ0n) is 17.2. The number of para-hydroxylation sites is 1. The van der Waals surface area contributed by atoms with Crippen LogP contribution in [-0.4, -0.2) is 9.67 Å². The number of hydrogen-bond donors (Lipinski definition) is 1. The number of allylic oxidation sites excluding steroid dienone is 1. The van der Waals surface area contributed by atoms with Gasteiger partial charge in [0.25, 0.3) is 5.56 Å². The summed E-state index contributed by atoms with van der Waals surface area (Å²) in [7, 11) is 0. The van der Waals surface area contributed by atoms with E-state index >= 15 is 0 Å². The van der Waals surface area contributed by atoms with Crippen LogP contribution in [0.3, 0.4) is 0 Å². The molecule has 5 heteroatoms. The lowest BCUT2D eigenvalue weighted by Gasteiger charge is -2.30. The fraction of sp³-hybridized carbons (Fsp3) is 0.111. The van der Waals surface area contributed by atoms with Gasteiger partial charge in [-0.1, -0.05) is 84.1 Å². The summed E-state index contributed by atoms with van der Waals surface area (Å²) in [5.41, 5.74) is 6.29. The van der Waals surface area contributed by atoms with Gasteiger partial charge in [0.15, 0.2) is 4.80 Å². The quantitative estimate of drug-likeness (QED) is 0.516. The van der Waals surface area contributed by atoms with E-state index in [-0.39, 0.29) is 17.4 Å². The maximum absolute atomic E-state index is 13.6. The number of aromatic hydroxyl groups is 1. The predicted octanol–water partition coefficient (Wildman–Crippen LogP) is 4.02. The van der Waals surface area contributed by atoms with Crippen LogP contribution in [0, 0.1) is 0 Å². The molecule has 1 unspecified atom stereocenters. The first-order valence-corrected chi connectivity index (χ1v) is 11.5. The van der Waals surface area contributed by atoms with E-state index in [0.29, 0.717) is 14.9 Å². The van der Waals surface area contributed by atoms with Crippen molar-refractivity contribution in [2.45, 2.75) is 18.9 Å². The molecule has 0 saturated carbocycles. The number of rotatable bonds is 2. The molecule has 1 aromatic heterocycles. The maximum atomic E-state index is 13.6. The minimum absolute atomic E-state index is 0.0729. The summed E-state index contributed by atoms with van der Waals surface area (Å²) in [5.74, 6) is 0.158. The van der Waals surface area contributed by atoms with Gasteiger partial charge in [0.1, 0.15) is 5.75 Å². The van der Waals surface area contributed by atoms with Crippen molar-refractivity contribution in [3.05, 3.63) is 126 Å². The van der Waals surface area contributed by atoms with Crippen LogP contribution in [0.5, 0.6) is 5.75 Å². The van der Waals surface area contributed by atoms with E-state index in [1.54, 1.807) is 18.2 Å². The van der Waals surface area contributed by atoms with Gasteiger partial charge < -0.3 is 5.11 Å². The number of benzene rings is 3. The van der Waals surface area contributed by atoms with Gasteiger partial charge >= 0.3 is 0 Å². The zero-order chi connectivity index (χ0) is 21.7. The third-order valence-electron chi connectivity index (χ3n) is 6.21. The van der Waals surface area contributed by atoms with Crippen molar-refractivity contribution in [3.63, 3.8) is 0 Å². The third kappa shape index (κ3) is 2.97. The van der Waals surface area contributed by atoms with Crippen molar-refractivity contribution in [1.29, 1.82) is 0 Å². The number of fused-ring (bicyclic) bond motifs is 3. The van der Waals surface area contributed by atoms with E-state index in [2.05, 4.69) is 36.4 Å². The van der Waals surface area contributed by atoms with Gasteiger partial charge in [-0.05, 0) is 41.7 Å². The largest absolute Gasteiger partial charge is 0.507 e. The van der Waals surface area contributed by atoms with E-state index in [1.807, 2.05) is 34.9 Å². The summed E-state index contributed by atoms with van der Waals surface area (Å²) in [4.78, 5) is 19.3. The summed E-state index contributed by atoms with van der Waals surface area (Å²) in [6, 6.07) is 25.5. The van der Waals surface area contributed by atoms with Crippen molar-refractivity contribution in [2.75, 3.05) is 0 Å². The Balaban J connectivity index is 1.65. The van der Waals surface area contributed by atoms with E-state index in [9.17, 15) is 9.90 Å². The molecule has 0 fully saturated rings. The predicted molar refractivity (Wildman–Crippen MR) is 127 cm³/mol. The Hall–Kier alpha value is -3.70. The molecule has 1 N–H and O–H groups in total. The molecule has 2 heterocycles. The summed E-state index contributed by atoms with van der Waals surface area (Å²) in [6.07, 6.45) is 3.58. The van der Waals surface area contributed by atoms with Gasteiger partial charge in [-0.15, -0.1) is 0 Å². The number of phenols is 1. The summed E-state index contributed by atoms with van der Waals surface area (Å²) in [6.45, 7) is 0. The molecule has 2 aliphatic rings. The van der Waals surface area contributed by atoms with Gasteiger partial charge in [-0.2, -0.15) is 0 Å². The molecule has 0 bridgehead atoms. The topological polar surface area (TPSA) is 54.6 Å². The molecule has 6 rings (SSSR count). The molecule has 1 aliphatic heterocycles. The fourth-order valence-electron chi connectivity index (χ4n) is 4.71. The van der Waals surface area contributed by atoms with E-state index in [1.165, 1.54) is 22.5 Å². The third-order valence-corrected chi connectivity index (χ3v) is 7.19. The highest BCUT2D eigenvalue weighted by Crippen LogP contribution is 2.41. The van der Waals surface area contributed by atoms with Gasteiger partial charge in [0.2, 0.25) is 0 Å². The molecule has 156 valence electrons. The van der Waals surface area contributed by atoms with E-state index in [4.69, 9.17) is 4.99 Å². The Kier molecular flexibility index (Phi) is 4.44. The number of thiazole rings is 1. The molecule has 0 spiro atoms. The highest BCUT2D eigenvalue weighted by molar-refractivity contribution is 7.07. The number of hydrogen-bond acceptors (Lipinski definition) is 4. The van der Waals surface area contributed by atoms with Gasteiger partial charge in [0.05, 0.1) is 16.3 Å². The SMILES string of the molecule is O=c1/c(=C/c2ccccc2O)sc2n1C(c1ccccc1)C1=C(N=2)c2ccccc2CC1. The van der Waals surface area contributed by atoms with Crippen molar-refractivity contribution < 1.29 is 5.11 Å². The van der Waals surface area contributed by atoms with Crippen molar-refractivity contribution in [3.8, 4) is 5.75 Å². The van der Waals surface area contributed by atoms with Crippen LogP contribution in [0.4, 0.5) is 0 Å². The molecule has 4 nitrogen and oxygen atoms in total. The van der Waals surface area contributed by atoms with Crippen molar-refractivity contribution in [2.24, 2.45) is 4.99 Å². The van der Waals surface area contributed by atoms with Crippen LogP contribution in [0.15, 0.2) is 94.2 Å². The van der Waals surface area contributed by atoms with Crippen LogP contribution in [0.25, 0.3) is 11.8 Å². The lowest BCUT2D eigenvalue weighted by Crippen LogP contribution is -2.38. The first-order chi connectivity index (χ1) is 15.7. The highest BCUT2D eigenvalue weighted by atomic mass is 32.1. The van der Waals surface area contributed by atoms with Crippen molar-refractivity contribution in [1.82, 2.24) is 4.57 Å². The van der Waals surface area contributed by atoms with Gasteiger partial charge in [-0.25, -0.2) is 4.99 Å². The number of aromatic nitrogens is 1. The number of phenolic OH excluding ortho intramolecular Hbond substituents is 1. The molecule has 3 aromatic carbocycles. The second-order valence-electron chi connectivity index (χ2n) is 8.08. The Morgan fingerprint density at radius 3 is 2.53 bits per heavy atom. The fourth-order valence-corrected chi connectivity index (χ4v) is 5.70. The Bertz CT molecular complexity index is 1560. The Morgan fingerprint density at radius 2 is 1.69 bits per heavy atom. The van der Waals surface area contributed by atoms with Crippen molar-refractivity contribution >= 4 is 23.1 Å². The van der Waals surface area contributed by atoms with E-state index < -0.39 is 0 Å². The standard InChI is InChI=1S/C27H20N2O2S/c30-22-13-7-5-11-19(22)16-23-26(31)29-25(18-9-2-1-3-10-18)21-15-14-17-8-4-6-12-20(17)24(21)28-27(29)32-23/h1-13,16,25,30H,14-15H2/b23-16-. The lowest BCUT2D eigenvalue weighted by molar-refractivity contribution is 0.474. The Morgan fingerprint density at radius 1 is 0.938 bits per heavy atom. The zero-order valence-corrected chi connectivity index (χ0v) is 18.0. The molecule has 1 aliphatic carbocycles. The molecular formula is C27H20N2O2S. The number of nitrogens with zero attached hydrogens (tertiary/aromatic N) is 2. The van der Waals surface area contributed by atoms with Crippen LogP contribution < -0.4 is 14.9 Å². The van der Waals surface area contributed by atoms with E-state index in [0.717, 1.165) is 29.7 Å². The summed E-state index contributed by atoms with van der Waals surface area (Å²) < 4.78 is 2.40. The molecular weight excluding hydrogens is 416 g/mol. The minimum Gasteiger partial charge on any atom is -0.507 e. The van der Waals surface area contributed by atoms with Crippen LogP contribution >= 0.6 is 11.3 Å². The Labute approximate surface area is 188 Å². The second-order valence-corrected chi connectivity index (χ2v) is 9.09. The normalized spacial score (nSPS) is 17.4. The first kappa shape index (κ1) is 19.0. The lowest BCUT2D eigenvalue weighted by atomic mass is 9.83. The average Bonchev–Trinajstić information content (AvgIpc) is 3.14. The van der Waals surface area contributed by atoms with Gasteiger partial charge in [0, 0.05) is 11.1 Å². The first-order valence-electron chi connectivity index (χ1n) is 10.7. The average molecular weight is 437 g/mol. The molecule has 0 radical (unpaired) electrons. The smallest absolute Gasteiger partial charge is 0.271 e. The van der Waals surface area contributed by atoms with Gasteiger partial charge in [-0.3, -0.25) is 9.36 Å². The second kappa shape index (κ2) is 7.46. The monoisotopic (exact) mass is 436 g/mol. The molecule has 1 atom stereocenters. The number of aryl methyl sites for hydroxylation is 1. The minimum atomic E-state index is -0.178. The highest BCUT2D eigenvalue weighted by Gasteiger charge is 2.32. The van der Waals surface area contributed by atoms with Crippen LogP contribution in [-0.2, 0) is 6.42 Å². The molecule has 4 aromatic rings. The maximum Gasteiger partial charge on any atom is 0.271 e. The van der Waals surface area contributed by atoms with Crippen LogP contribution in [0.1, 0.15) is 34.7 Å². The summed E-state index contributed by atoms with van der Waals surface area (Å²) >= 11 is 1.38. The summed E-state index contributed by atoms with van der Waals surface area (Å²) in [5, 5.41) is 10.2. The molecule has 0 saturated heterocycles. The molecule has 0 amide bonds.